The molecule has 1 saturated heterocycles. The molecule has 0 aromatic carbocycles. The maximum atomic E-state index is 11.7. The van der Waals surface area contributed by atoms with Crippen molar-refractivity contribution in [1.82, 2.24) is 4.90 Å². The van der Waals surface area contributed by atoms with Crippen molar-refractivity contribution in [3.8, 4) is 0 Å². The van der Waals surface area contributed by atoms with Crippen LogP contribution in [0.5, 0.6) is 0 Å². The lowest BCUT2D eigenvalue weighted by Crippen LogP contribution is -2.50. The lowest BCUT2D eigenvalue weighted by atomic mass is 10.0. The van der Waals surface area contributed by atoms with Crippen LogP contribution in [0.1, 0.15) is 13.8 Å². The summed E-state index contributed by atoms with van der Waals surface area (Å²) in [7, 11) is -0.736. The summed E-state index contributed by atoms with van der Waals surface area (Å²) in [6.07, 6.45) is 0. The highest BCUT2D eigenvalue weighted by molar-refractivity contribution is 7.85. The van der Waals surface area contributed by atoms with E-state index in [0.717, 1.165) is 0 Å². The summed E-state index contributed by atoms with van der Waals surface area (Å²) in [5, 5.41) is 0. The minimum Gasteiger partial charge on any atom is -0.339 e. The van der Waals surface area contributed by atoms with Gasteiger partial charge in [0.05, 0.1) is 6.04 Å². The highest BCUT2D eigenvalue weighted by Crippen LogP contribution is 2.06. The second kappa shape index (κ2) is 4.89. The quantitative estimate of drug-likeness (QED) is 0.683. The molecule has 0 aromatic rings. The van der Waals surface area contributed by atoms with Gasteiger partial charge in [-0.05, 0) is 5.92 Å². The van der Waals surface area contributed by atoms with Gasteiger partial charge in [-0.15, -0.1) is 0 Å². The van der Waals surface area contributed by atoms with Crippen molar-refractivity contribution in [2.45, 2.75) is 19.9 Å². The van der Waals surface area contributed by atoms with Crippen molar-refractivity contribution in [3.05, 3.63) is 0 Å². The number of nitrogens with two attached hydrogens (primary N) is 1. The summed E-state index contributed by atoms with van der Waals surface area (Å²) >= 11 is 0. The van der Waals surface area contributed by atoms with Crippen LogP contribution >= 0.6 is 0 Å². The minimum atomic E-state index is -0.736. The highest BCUT2D eigenvalue weighted by Gasteiger charge is 2.26. The number of carbonyl (C=O) groups excluding carboxylic acids is 1. The Labute approximate surface area is 87.3 Å². The average molecular weight is 218 g/mol. The van der Waals surface area contributed by atoms with E-state index in [1.165, 1.54) is 0 Å². The van der Waals surface area contributed by atoms with Gasteiger partial charge in [-0.2, -0.15) is 0 Å². The fourth-order valence-electron chi connectivity index (χ4n) is 1.35. The Hall–Kier alpha value is -0.420. The molecule has 0 radical (unpaired) electrons. The third kappa shape index (κ3) is 2.78. The highest BCUT2D eigenvalue weighted by atomic mass is 32.2. The molecule has 5 heteroatoms. The Morgan fingerprint density at radius 3 is 2.29 bits per heavy atom. The fourth-order valence-corrected chi connectivity index (χ4v) is 2.41. The maximum Gasteiger partial charge on any atom is 0.239 e. The van der Waals surface area contributed by atoms with Crippen molar-refractivity contribution >= 4 is 16.7 Å². The fraction of sp³-hybridized carbons (Fsp3) is 0.889. The van der Waals surface area contributed by atoms with Gasteiger partial charge >= 0.3 is 0 Å². The molecule has 0 aromatic heterocycles. The van der Waals surface area contributed by atoms with Gasteiger partial charge in [-0.25, -0.2) is 0 Å². The third-order valence-corrected chi connectivity index (χ3v) is 3.77. The second-order valence-corrected chi connectivity index (χ2v) is 5.64. The molecule has 0 bridgehead atoms. The predicted octanol–water partition coefficient (Wildman–Crippen LogP) is -0.439. The average Bonchev–Trinajstić information content (AvgIpc) is 2.16. The number of hydrogen-bond donors (Lipinski definition) is 1. The van der Waals surface area contributed by atoms with Crippen LogP contribution in [-0.4, -0.2) is 45.7 Å². The Morgan fingerprint density at radius 1 is 1.36 bits per heavy atom. The molecule has 14 heavy (non-hydrogen) atoms. The molecule has 1 amide bonds. The van der Waals surface area contributed by atoms with E-state index in [1.54, 1.807) is 4.90 Å². The normalized spacial score (nSPS) is 21.3. The van der Waals surface area contributed by atoms with Crippen LogP contribution < -0.4 is 5.73 Å². The van der Waals surface area contributed by atoms with Crippen LogP contribution in [0.15, 0.2) is 0 Å². The molecule has 0 spiro atoms. The lowest BCUT2D eigenvalue weighted by Gasteiger charge is -2.29. The van der Waals surface area contributed by atoms with Crippen LogP contribution in [0.4, 0.5) is 0 Å². The molecule has 4 nitrogen and oxygen atoms in total. The molecule has 0 unspecified atom stereocenters. The van der Waals surface area contributed by atoms with E-state index >= 15 is 0 Å². The standard InChI is InChI=1S/C9H18N2O2S/c1-7(2)8(10)9(12)11-3-5-14(13)6-4-11/h7-8H,3-6,10H2,1-2H3/t8-/m0/s1. The maximum absolute atomic E-state index is 11.7. The zero-order valence-electron chi connectivity index (χ0n) is 8.73. The van der Waals surface area contributed by atoms with Crippen molar-refractivity contribution in [1.29, 1.82) is 0 Å². The Bertz CT molecular complexity index is 233. The van der Waals surface area contributed by atoms with E-state index in [9.17, 15) is 9.00 Å². The first-order valence-electron chi connectivity index (χ1n) is 4.91. The smallest absolute Gasteiger partial charge is 0.239 e. The monoisotopic (exact) mass is 218 g/mol. The molecular weight excluding hydrogens is 200 g/mol. The molecule has 2 N–H and O–H groups in total. The summed E-state index contributed by atoms with van der Waals surface area (Å²) < 4.78 is 11.1. The molecule has 1 atom stereocenters. The van der Waals surface area contributed by atoms with E-state index < -0.39 is 16.8 Å². The first-order chi connectivity index (χ1) is 6.52. The number of nitrogens with zero attached hydrogens (tertiary/aromatic N) is 1. The molecule has 1 aliphatic heterocycles. The summed E-state index contributed by atoms with van der Waals surface area (Å²) in [5.41, 5.74) is 5.76. The van der Waals surface area contributed by atoms with Crippen LogP contribution in [0.25, 0.3) is 0 Å². The van der Waals surface area contributed by atoms with E-state index in [2.05, 4.69) is 0 Å². The van der Waals surface area contributed by atoms with E-state index in [0.29, 0.717) is 24.6 Å². The van der Waals surface area contributed by atoms with Gasteiger partial charge in [0.15, 0.2) is 0 Å². The molecule has 1 fully saturated rings. The number of carbonyl (C=O) groups is 1. The van der Waals surface area contributed by atoms with Crippen molar-refractivity contribution < 1.29 is 9.00 Å². The topological polar surface area (TPSA) is 63.4 Å². The summed E-state index contributed by atoms with van der Waals surface area (Å²) in [5.74, 6) is 1.35. The van der Waals surface area contributed by atoms with Gasteiger partial charge in [0.1, 0.15) is 0 Å². The van der Waals surface area contributed by atoms with Crippen LogP contribution in [0.2, 0.25) is 0 Å². The molecule has 82 valence electrons. The molecular formula is C9H18N2O2S. The number of hydrogen-bond acceptors (Lipinski definition) is 3. The van der Waals surface area contributed by atoms with Crippen molar-refractivity contribution in [2.75, 3.05) is 24.6 Å². The Balaban J connectivity index is 2.49. The molecule has 1 rings (SSSR count). The Morgan fingerprint density at radius 2 is 1.86 bits per heavy atom. The van der Waals surface area contributed by atoms with E-state index in [4.69, 9.17) is 5.73 Å². The summed E-state index contributed by atoms with van der Waals surface area (Å²) in [4.78, 5) is 13.5. The summed E-state index contributed by atoms with van der Waals surface area (Å²) in [6.45, 7) is 5.05. The second-order valence-electron chi connectivity index (χ2n) is 3.94. The van der Waals surface area contributed by atoms with E-state index in [1.807, 2.05) is 13.8 Å². The van der Waals surface area contributed by atoms with Gasteiger partial charge in [0.25, 0.3) is 0 Å². The lowest BCUT2D eigenvalue weighted by molar-refractivity contribution is -0.133. The summed E-state index contributed by atoms with van der Waals surface area (Å²) in [6, 6.07) is -0.415. The van der Waals surface area contributed by atoms with Gasteiger partial charge in [-0.3, -0.25) is 9.00 Å². The molecule has 1 aliphatic rings. The SMILES string of the molecule is CC(C)[C@H](N)C(=O)N1CCS(=O)CC1. The van der Waals surface area contributed by atoms with Crippen LogP contribution in [0.3, 0.4) is 0 Å². The van der Waals surface area contributed by atoms with Gasteiger partial charge in [0, 0.05) is 35.4 Å². The molecule has 0 saturated carbocycles. The molecule has 0 aliphatic carbocycles. The van der Waals surface area contributed by atoms with Crippen molar-refractivity contribution in [2.24, 2.45) is 11.7 Å². The van der Waals surface area contributed by atoms with E-state index in [-0.39, 0.29) is 11.8 Å². The van der Waals surface area contributed by atoms with Gasteiger partial charge < -0.3 is 10.6 Å². The minimum absolute atomic E-state index is 0.00306. The van der Waals surface area contributed by atoms with Crippen LogP contribution in [-0.2, 0) is 15.6 Å². The molecule has 1 heterocycles. The largest absolute Gasteiger partial charge is 0.339 e. The first-order valence-corrected chi connectivity index (χ1v) is 6.40. The first kappa shape index (κ1) is 11.7. The zero-order valence-corrected chi connectivity index (χ0v) is 9.55. The van der Waals surface area contributed by atoms with Crippen LogP contribution in [0, 0.1) is 5.92 Å². The number of rotatable bonds is 2. The zero-order chi connectivity index (χ0) is 10.7. The van der Waals surface area contributed by atoms with Gasteiger partial charge in [0.2, 0.25) is 5.91 Å². The predicted molar refractivity (Wildman–Crippen MR) is 57.3 cm³/mol. The van der Waals surface area contributed by atoms with Crippen molar-refractivity contribution in [3.63, 3.8) is 0 Å². The Kier molecular flexibility index (Phi) is 4.07. The number of amides is 1. The van der Waals surface area contributed by atoms with Gasteiger partial charge in [-0.1, -0.05) is 13.8 Å². The third-order valence-electron chi connectivity index (χ3n) is 2.49.